The molecule has 2 rings (SSSR count). The summed E-state index contributed by atoms with van der Waals surface area (Å²) in [6.07, 6.45) is 0. The lowest BCUT2D eigenvalue weighted by Gasteiger charge is -2.37. The quantitative estimate of drug-likeness (QED) is 0.717. The molecular weight excluding hydrogens is 356 g/mol. The van der Waals surface area contributed by atoms with Gasteiger partial charge in [0, 0.05) is 29.6 Å². The van der Waals surface area contributed by atoms with Crippen LogP contribution in [-0.4, -0.2) is 27.5 Å². The normalized spacial score (nSPS) is 12.3. The van der Waals surface area contributed by atoms with Crippen LogP contribution >= 0.6 is 11.8 Å². The van der Waals surface area contributed by atoms with E-state index >= 15 is 0 Å². The number of anilines is 1. The second kappa shape index (κ2) is 9.09. The Labute approximate surface area is 166 Å². The number of nitrogens with zero attached hydrogens (tertiary/aromatic N) is 1. The lowest BCUT2D eigenvalue weighted by Crippen LogP contribution is -2.48. The maximum Gasteiger partial charge on any atom is 0.236 e. The molecule has 5 heteroatoms. The van der Waals surface area contributed by atoms with E-state index in [0.29, 0.717) is 6.54 Å². The summed E-state index contributed by atoms with van der Waals surface area (Å²) < 4.78 is 0. The lowest BCUT2D eigenvalue weighted by atomic mass is 10.0. The van der Waals surface area contributed by atoms with Crippen LogP contribution in [0.1, 0.15) is 40.2 Å². The average Bonchev–Trinajstić information content (AvgIpc) is 2.60. The van der Waals surface area contributed by atoms with Crippen molar-refractivity contribution in [3.63, 3.8) is 0 Å². The fourth-order valence-corrected chi connectivity index (χ4v) is 3.64. The van der Waals surface area contributed by atoms with Crippen LogP contribution in [-0.2, 0) is 16.1 Å². The zero-order valence-corrected chi connectivity index (χ0v) is 17.5. The topological polar surface area (TPSA) is 49.4 Å². The Bertz CT molecular complexity index is 767. The Balaban J connectivity index is 2.09. The van der Waals surface area contributed by atoms with Crippen molar-refractivity contribution in [3.8, 4) is 0 Å². The predicted octanol–water partition coefficient (Wildman–Crippen LogP) is 4.95. The van der Waals surface area contributed by atoms with E-state index in [-0.39, 0.29) is 22.6 Å². The Hall–Kier alpha value is -2.27. The molecule has 0 heterocycles. The van der Waals surface area contributed by atoms with Gasteiger partial charge in [0.15, 0.2) is 0 Å². The summed E-state index contributed by atoms with van der Waals surface area (Å²) in [6, 6.07) is 17.6. The van der Waals surface area contributed by atoms with Crippen LogP contribution in [0.5, 0.6) is 0 Å². The highest BCUT2D eigenvalue weighted by molar-refractivity contribution is 8.00. The second-order valence-corrected chi connectivity index (χ2v) is 8.96. The number of hydrogen-bond donors (Lipinski definition) is 1. The van der Waals surface area contributed by atoms with Crippen molar-refractivity contribution in [1.29, 1.82) is 0 Å². The molecule has 0 aliphatic heterocycles. The molecular formula is C22H28N2O2S. The van der Waals surface area contributed by atoms with E-state index < -0.39 is 0 Å². The van der Waals surface area contributed by atoms with Crippen LogP contribution in [0.2, 0.25) is 0 Å². The van der Waals surface area contributed by atoms with Crippen molar-refractivity contribution in [2.75, 3.05) is 5.32 Å². The molecule has 1 N–H and O–H groups in total. The molecule has 0 unspecified atom stereocenters. The Kier molecular flexibility index (Phi) is 7.08. The molecule has 2 aromatic carbocycles. The smallest absolute Gasteiger partial charge is 0.236 e. The largest absolute Gasteiger partial charge is 0.333 e. The van der Waals surface area contributed by atoms with Gasteiger partial charge in [-0.05, 0) is 57.5 Å². The van der Waals surface area contributed by atoms with Gasteiger partial charge in [-0.1, -0.05) is 30.3 Å². The van der Waals surface area contributed by atoms with Gasteiger partial charge in [-0.25, -0.2) is 0 Å². The summed E-state index contributed by atoms with van der Waals surface area (Å²) in [4.78, 5) is 27.2. The maximum absolute atomic E-state index is 13.2. The van der Waals surface area contributed by atoms with Gasteiger partial charge in [-0.2, -0.15) is 0 Å². The molecule has 0 saturated carbocycles. The summed E-state index contributed by atoms with van der Waals surface area (Å²) in [7, 11) is 0. The minimum atomic E-state index is -0.267. The molecule has 2 aromatic rings. The summed E-state index contributed by atoms with van der Waals surface area (Å²) in [5.74, 6) is 0.0166. The maximum atomic E-state index is 13.2. The molecule has 2 amide bonds. The van der Waals surface area contributed by atoms with E-state index in [1.807, 2.05) is 66.4 Å². The highest BCUT2D eigenvalue weighted by Gasteiger charge is 2.30. The standard InChI is InChI=1S/C22H28N2O2S/c1-16(27-20-13-11-19(12-14-20)23-17(2)25)21(26)24(22(3,4)5)15-18-9-7-6-8-10-18/h6-14,16H,15H2,1-5H3,(H,23,25)/t16-/m1/s1. The van der Waals surface area contributed by atoms with Gasteiger partial charge in [0.05, 0.1) is 5.25 Å². The van der Waals surface area contributed by atoms with E-state index in [0.717, 1.165) is 16.1 Å². The fraction of sp³-hybridized carbons (Fsp3) is 0.364. The van der Waals surface area contributed by atoms with Crippen molar-refractivity contribution in [2.45, 2.75) is 56.8 Å². The van der Waals surface area contributed by atoms with Crippen molar-refractivity contribution in [2.24, 2.45) is 0 Å². The van der Waals surface area contributed by atoms with Crippen LogP contribution in [0, 0.1) is 0 Å². The zero-order chi connectivity index (χ0) is 20.0. The van der Waals surface area contributed by atoms with Gasteiger partial charge in [-0.15, -0.1) is 11.8 Å². The van der Waals surface area contributed by atoms with Gasteiger partial charge >= 0.3 is 0 Å². The first-order valence-corrected chi connectivity index (χ1v) is 9.94. The Morgan fingerprint density at radius 3 is 2.15 bits per heavy atom. The molecule has 0 aliphatic rings. The SMILES string of the molecule is CC(=O)Nc1ccc(S[C@H](C)C(=O)N(Cc2ccccc2)C(C)(C)C)cc1. The van der Waals surface area contributed by atoms with Crippen molar-refractivity contribution >= 4 is 29.3 Å². The second-order valence-electron chi connectivity index (χ2n) is 7.55. The van der Waals surface area contributed by atoms with Crippen LogP contribution < -0.4 is 5.32 Å². The lowest BCUT2D eigenvalue weighted by molar-refractivity contribution is -0.135. The zero-order valence-electron chi connectivity index (χ0n) is 16.7. The van der Waals surface area contributed by atoms with E-state index in [2.05, 4.69) is 26.1 Å². The van der Waals surface area contributed by atoms with Gasteiger partial charge < -0.3 is 10.2 Å². The summed E-state index contributed by atoms with van der Waals surface area (Å²) >= 11 is 1.53. The number of nitrogens with one attached hydrogen (secondary N) is 1. The number of hydrogen-bond acceptors (Lipinski definition) is 3. The van der Waals surface area contributed by atoms with E-state index in [9.17, 15) is 9.59 Å². The molecule has 0 aliphatic carbocycles. The third kappa shape index (κ3) is 6.43. The van der Waals surface area contributed by atoms with E-state index in [1.54, 1.807) is 0 Å². The van der Waals surface area contributed by atoms with Crippen molar-refractivity contribution in [3.05, 3.63) is 60.2 Å². The molecule has 1 atom stereocenters. The van der Waals surface area contributed by atoms with E-state index in [1.165, 1.54) is 18.7 Å². The highest BCUT2D eigenvalue weighted by atomic mass is 32.2. The monoisotopic (exact) mass is 384 g/mol. The minimum Gasteiger partial charge on any atom is -0.333 e. The number of rotatable bonds is 6. The van der Waals surface area contributed by atoms with Crippen LogP contribution in [0.3, 0.4) is 0 Å². The average molecular weight is 385 g/mol. The number of thioether (sulfide) groups is 1. The van der Waals surface area contributed by atoms with Crippen molar-refractivity contribution < 1.29 is 9.59 Å². The number of amides is 2. The number of carbonyl (C=O) groups is 2. The first-order valence-electron chi connectivity index (χ1n) is 9.06. The summed E-state index contributed by atoms with van der Waals surface area (Å²) in [6.45, 7) is 10.2. The Morgan fingerprint density at radius 1 is 1.04 bits per heavy atom. The third-order valence-corrected chi connectivity index (χ3v) is 5.19. The fourth-order valence-electron chi connectivity index (χ4n) is 2.71. The molecule has 0 aromatic heterocycles. The van der Waals surface area contributed by atoms with Crippen molar-refractivity contribution in [1.82, 2.24) is 4.90 Å². The van der Waals surface area contributed by atoms with Crippen LogP contribution in [0.4, 0.5) is 5.69 Å². The van der Waals surface area contributed by atoms with Gasteiger partial charge in [0.1, 0.15) is 0 Å². The summed E-state index contributed by atoms with van der Waals surface area (Å²) in [5, 5.41) is 2.54. The van der Waals surface area contributed by atoms with Crippen LogP contribution in [0.15, 0.2) is 59.5 Å². The molecule has 0 bridgehead atoms. The molecule has 0 radical (unpaired) electrons. The molecule has 4 nitrogen and oxygen atoms in total. The molecule has 0 saturated heterocycles. The molecule has 144 valence electrons. The van der Waals surface area contributed by atoms with Crippen LogP contribution in [0.25, 0.3) is 0 Å². The Morgan fingerprint density at radius 2 is 1.63 bits per heavy atom. The number of benzene rings is 2. The third-order valence-electron chi connectivity index (χ3n) is 4.09. The van der Waals surface area contributed by atoms with Gasteiger partial charge in [-0.3, -0.25) is 9.59 Å². The van der Waals surface area contributed by atoms with Gasteiger partial charge in [0.2, 0.25) is 11.8 Å². The first kappa shape index (κ1) is 21.0. The minimum absolute atomic E-state index is 0.0966. The first-order chi connectivity index (χ1) is 12.7. The highest BCUT2D eigenvalue weighted by Crippen LogP contribution is 2.28. The predicted molar refractivity (Wildman–Crippen MR) is 113 cm³/mol. The van der Waals surface area contributed by atoms with Gasteiger partial charge in [0.25, 0.3) is 0 Å². The number of carbonyl (C=O) groups excluding carboxylic acids is 2. The molecule has 27 heavy (non-hydrogen) atoms. The molecule has 0 spiro atoms. The molecule has 0 fully saturated rings. The summed E-state index contributed by atoms with van der Waals surface area (Å²) in [5.41, 5.74) is 1.61. The van der Waals surface area contributed by atoms with E-state index in [4.69, 9.17) is 0 Å².